The smallest absolute Gasteiger partial charge is 0.0599 e. The van der Waals surface area contributed by atoms with E-state index >= 15 is 0 Å². The summed E-state index contributed by atoms with van der Waals surface area (Å²) in [5.41, 5.74) is 0. The Morgan fingerprint density at radius 2 is 2.06 bits per heavy atom. The predicted octanol–water partition coefficient (Wildman–Crippen LogP) is 2.25. The number of piperazine rings is 1. The first-order chi connectivity index (χ1) is 8.67. The molecule has 1 rings (SSSR count). The molecule has 0 spiro atoms. The van der Waals surface area contributed by atoms with Crippen LogP contribution in [0.3, 0.4) is 0 Å². The van der Waals surface area contributed by atoms with E-state index in [-0.39, 0.29) is 6.61 Å². The fourth-order valence-corrected chi connectivity index (χ4v) is 2.85. The van der Waals surface area contributed by atoms with Crippen molar-refractivity contribution in [2.24, 2.45) is 5.92 Å². The Labute approximate surface area is 113 Å². The maximum Gasteiger partial charge on any atom is 0.0599 e. The van der Waals surface area contributed by atoms with Crippen LogP contribution in [0.25, 0.3) is 0 Å². The molecule has 0 aliphatic carbocycles. The van der Waals surface area contributed by atoms with Crippen molar-refractivity contribution in [3.63, 3.8) is 0 Å². The van der Waals surface area contributed by atoms with Crippen molar-refractivity contribution in [1.82, 2.24) is 10.2 Å². The molecule has 2 unspecified atom stereocenters. The molecular weight excluding hydrogens is 224 g/mol. The quantitative estimate of drug-likeness (QED) is 0.654. The largest absolute Gasteiger partial charge is 0.395 e. The van der Waals surface area contributed by atoms with Crippen LogP contribution in [0, 0.1) is 5.92 Å². The molecule has 1 aliphatic rings. The van der Waals surface area contributed by atoms with E-state index in [1.165, 1.54) is 32.1 Å². The third kappa shape index (κ3) is 5.68. The van der Waals surface area contributed by atoms with Gasteiger partial charge in [0, 0.05) is 25.2 Å². The molecule has 0 bridgehead atoms. The molecule has 0 amide bonds. The van der Waals surface area contributed by atoms with E-state index in [0.717, 1.165) is 25.6 Å². The Morgan fingerprint density at radius 3 is 2.67 bits per heavy atom. The number of aliphatic hydroxyl groups excluding tert-OH is 1. The normalized spacial score (nSPS) is 25.8. The van der Waals surface area contributed by atoms with E-state index in [2.05, 4.69) is 31.0 Å². The minimum atomic E-state index is 0.287. The van der Waals surface area contributed by atoms with E-state index in [1.807, 2.05) is 0 Å². The van der Waals surface area contributed by atoms with Crippen molar-refractivity contribution in [2.45, 2.75) is 65.0 Å². The molecule has 0 saturated carbocycles. The van der Waals surface area contributed by atoms with E-state index in [9.17, 15) is 5.11 Å². The molecule has 3 nitrogen and oxygen atoms in total. The molecule has 1 aliphatic heterocycles. The minimum absolute atomic E-state index is 0.287. The van der Waals surface area contributed by atoms with E-state index in [0.29, 0.717) is 12.1 Å². The zero-order valence-corrected chi connectivity index (χ0v) is 12.5. The standard InChI is InChI=1S/C15H32N2O/c1-4-5-6-7-8-17-11-14(9-13(2)3)16-10-15(17)12-18/h13-16,18H,4-12H2,1-3H3. The van der Waals surface area contributed by atoms with Crippen molar-refractivity contribution in [1.29, 1.82) is 0 Å². The van der Waals surface area contributed by atoms with Crippen LogP contribution in [0.1, 0.15) is 52.9 Å². The summed E-state index contributed by atoms with van der Waals surface area (Å²) in [5.74, 6) is 0.745. The van der Waals surface area contributed by atoms with Gasteiger partial charge in [-0.2, -0.15) is 0 Å². The number of aliphatic hydroxyl groups is 1. The van der Waals surface area contributed by atoms with Crippen LogP contribution in [-0.2, 0) is 0 Å². The summed E-state index contributed by atoms with van der Waals surface area (Å²) in [7, 11) is 0. The van der Waals surface area contributed by atoms with Crippen molar-refractivity contribution < 1.29 is 5.11 Å². The average Bonchev–Trinajstić information content (AvgIpc) is 2.34. The van der Waals surface area contributed by atoms with Crippen molar-refractivity contribution in [2.75, 3.05) is 26.2 Å². The van der Waals surface area contributed by atoms with Crippen molar-refractivity contribution in [3.05, 3.63) is 0 Å². The first-order valence-corrected chi connectivity index (χ1v) is 7.75. The Balaban J connectivity index is 2.33. The topological polar surface area (TPSA) is 35.5 Å². The van der Waals surface area contributed by atoms with Crippen LogP contribution in [0.15, 0.2) is 0 Å². The highest BCUT2D eigenvalue weighted by molar-refractivity contribution is 4.86. The van der Waals surface area contributed by atoms with Gasteiger partial charge in [-0.25, -0.2) is 0 Å². The molecule has 3 heteroatoms. The molecule has 0 aromatic rings. The molecule has 108 valence electrons. The number of nitrogens with one attached hydrogen (secondary N) is 1. The SMILES string of the molecule is CCCCCCN1CC(CC(C)C)NCC1CO. The number of nitrogens with zero attached hydrogens (tertiary/aromatic N) is 1. The number of hydrogen-bond acceptors (Lipinski definition) is 3. The van der Waals surface area contributed by atoms with Gasteiger partial charge in [-0.05, 0) is 25.3 Å². The first kappa shape index (κ1) is 15.9. The zero-order chi connectivity index (χ0) is 13.4. The molecule has 2 atom stereocenters. The lowest BCUT2D eigenvalue weighted by molar-refractivity contribution is 0.0745. The number of unbranched alkanes of at least 4 members (excludes halogenated alkanes) is 3. The van der Waals surface area contributed by atoms with Gasteiger partial charge in [0.25, 0.3) is 0 Å². The summed E-state index contributed by atoms with van der Waals surface area (Å²) in [6, 6.07) is 0.939. The van der Waals surface area contributed by atoms with Gasteiger partial charge < -0.3 is 10.4 Å². The van der Waals surface area contributed by atoms with Crippen LogP contribution >= 0.6 is 0 Å². The maximum absolute atomic E-state index is 9.45. The zero-order valence-electron chi connectivity index (χ0n) is 12.5. The maximum atomic E-state index is 9.45. The van der Waals surface area contributed by atoms with Gasteiger partial charge in [0.15, 0.2) is 0 Å². The first-order valence-electron chi connectivity index (χ1n) is 7.75. The summed E-state index contributed by atoms with van der Waals surface area (Å²) in [4.78, 5) is 2.50. The average molecular weight is 256 g/mol. The van der Waals surface area contributed by atoms with Gasteiger partial charge in [0.2, 0.25) is 0 Å². The summed E-state index contributed by atoms with van der Waals surface area (Å²) in [6.07, 6.45) is 6.47. The van der Waals surface area contributed by atoms with Crippen LogP contribution in [0.5, 0.6) is 0 Å². The summed E-state index contributed by atoms with van der Waals surface area (Å²) in [6.45, 7) is 10.3. The summed E-state index contributed by atoms with van der Waals surface area (Å²) < 4.78 is 0. The molecule has 1 fully saturated rings. The molecule has 0 aromatic heterocycles. The van der Waals surface area contributed by atoms with Crippen LogP contribution < -0.4 is 5.32 Å². The predicted molar refractivity (Wildman–Crippen MR) is 77.8 cm³/mol. The Bertz CT molecular complexity index is 209. The molecular formula is C15H32N2O. The van der Waals surface area contributed by atoms with Gasteiger partial charge >= 0.3 is 0 Å². The monoisotopic (exact) mass is 256 g/mol. The highest BCUT2D eigenvalue weighted by Crippen LogP contribution is 2.14. The van der Waals surface area contributed by atoms with Crippen LogP contribution in [-0.4, -0.2) is 48.3 Å². The van der Waals surface area contributed by atoms with Gasteiger partial charge in [-0.3, -0.25) is 4.90 Å². The number of rotatable bonds is 8. The van der Waals surface area contributed by atoms with Gasteiger partial charge in [-0.15, -0.1) is 0 Å². The Hall–Kier alpha value is -0.120. The minimum Gasteiger partial charge on any atom is -0.395 e. The molecule has 18 heavy (non-hydrogen) atoms. The van der Waals surface area contributed by atoms with Crippen molar-refractivity contribution >= 4 is 0 Å². The third-order valence-corrected chi connectivity index (χ3v) is 3.88. The molecule has 2 N–H and O–H groups in total. The lowest BCUT2D eigenvalue weighted by Gasteiger charge is -2.40. The summed E-state index contributed by atoms with van der Waals surface area (Å²) in [5, 5.41) is 13.0. The second kappa shape index (κ2) is 8.89. The van der Waals surface area contributed by atoms with Crippen LogP contribution in [0.2, 0.25) is 0 Å². The molecule has 1 heterocycles. The Kier molecular flexibility index (Phi) is 7.87. The highest BCUT2D eigenvalue weighted by Gasteiger charge is 2.26. The molecule has 0 aromatic carbocycles. The molecule has 1 saturated heterocycles. The van der Waals surface area contributed by atoms with E-state index < -0.39 is 0 Å². The second-order valence-electron chi connectivity index (χ2n) is 6.13. The van der Waals surface area contributed by atoms with E-state index in [1.54, 1.807) is 0 Å². The highest BCUT2D eigenvalue weighted by atomic mass is 16.3. The van der Waals surface area contributed by atoms with E-state index in [4.69, 9.17) is 0 Å². The van der Waals surface area contributed by atoms with Gasteiger partial charge in [0.1, 0.15) is 0 Å². The lowest BCUT2D eigenvalue weighted by atomic mass is 9.99. The lowest BCUT2D eigenvalue weighted by Crippen LogP contribution is -2.58. The Morgan fingerprint density at radius 1 is 1.28 bits per heavy atom. The second-order valence-corrected chi connectivity index (χ2v) is 6.13. The van der Waals surface area contributed by atoms with Crippen molar-refractivity contribution in [3.8, 4) is 0 Å². The fraction of sp³-hybridized carbons (Fsp3) is 1.00. The third-order valence-electron chi connectivity index (χ3n) is 3.88. The summed E-state index contributed by atoms with van der Waals surface area (Å²) >= 11 is 0. The number of hydrogen-bond donors (Lipinski definition) is 2. The van der Waals surface area contributed by atoms with Crippen LogP contribution in [0.4, 0.5) is 0 Å². The van der Waals surface area contributed by atoms with Gasteiger partial charge in [-0.1, -0.05) is 40.0 Å². The van der Waals surface area contributed by atoms with Gasteiger partial charge in [0.05, 0.1) is 6.61 Å². The fourth-order valence-electron chi connectivity index (χ4n) is 2.85. The molecule has 0 radical (unpaired) electrons.